The number of aromatic nitrogens is 1. The Balaban J connectivity index is 1.41. The highest BCUT2D eigenvalue weighted by atomic mass is 19.1. The number of anilines is 2. The topological polar surface area (TPSA) is 112 Å². The third-order valence-corrected chi connectivity index (χ3v) is 8.00. The fourth-order valence-corrected chi connectivity index (χ4v) is 5.57. The van der Waals surface area contributed by atoms with E-state index in [4.69, 9.17) is 0 Å². The molecule has 0 radical (unpaired) electrons. The van der Waals surface area contributed by atoms with Crippen LogP contribution in [0, 0.1) is 39.8 Å². The SMILES string of the molecule is CC(C)(C)CNc1c(C#N)cnc2c(C#N)cc(N[C@H](C3=CN(C4(C5CC5)CC4)NN3)c3ccc(F)cc3)cc12. The molecule has 40 heavy (non-hydrogen) atoms. The lowest BCUT2D eigenvalue weighted by Crippen LogP contribution is -2.46. The van der Waals surface area contributed by atoms with Gasteiger partial charge in [-0.3, -0.25) is 9.99 Å². The number of nitriles is 2. The molecule has 1 aromatic heterocycles. The normalized spacial score (nSPS) is 18.4. The summed E-state index contributed by atoms with van der Waals surface area (Å²) in [5.74, 6) is 0.414. The largest absolute Gasteiger partial charge is 0.383 e. The third-order valence-electron chi connectivity index (χ3n) is 8.00. The number of hydrogen-bond donors (Lipinski definition) is 4. The van der Waals surface area contributed by atoms with Crippen molar-refractivity contribution in [2.24, 2.45) is 11.3 Å². The first kappa shape index (κ1) is 25.9. The Morgan fingerprint density at radius 2 is 1.85 bits per heavy atom. The first-order valence-corrected chi connectivity index (χ1v) is 13.8. The average Bonchev–Trinajstić information content (AvgIpc) is 3.87. The summed E-state index contributed by atoms with van der Waals surface area (Å²) in [4.78, 5) is 4.46. The molecule has 2 heterocycles. The van der Waals surface area contributed by atoms with Crippen LogP contribution in [0.4, 0.5) is 15.8 Å². The van der Waals surface area contributed by atoms with Gasteiger partial charge >= 0.3 is 0 Å². The zero-order chi connectivity index (χ0) is 28.1. The molecule has 6 rings (SSSR count). The van der Waals surface area contributed by atoms with Gasteiger partial charge in [0.2, 0.25) is 0 Å². The highest BCUT2D eigenvalue weighted by Crippen LogP contribution is 2.57. The molecule has 0 unspecified atom stereocenters. The first-order valence-electron chi connectivity index (χ1n) is 13.8. The lowest BCUT2D eigenvalue weighted by atomic mass is 9.96. The van der Waals surface area contributed by atoms with E-state index in [9.17, 15) is 14.9 Å². The summed E-state index contributed by atoms with van der Waals surface area (Å²) in [6, 6.07) is 14.3. The molecule has 2 aromatic carbocycles. The Labute approximate surface area is 233 Å². The van der Waals surface area contributed by atoms with Crippen LogP contribution >= 0.6 is 0 Å². The number of nitrogens with one attached hydrogen (secondary N) is 4. The molecule has 2 saturated carbocycles. The zero-order valence-electron chi connectivity index (χ0n) is 23.0. The molecular formula is C31H33FN8. The predicted octanol–water partition coefficient (Wildman–Crippen LogP) is 5.84. The minimum atomic E-state index is -0.352. The maximum absolute atomic E-state index is 13.9. The van der Waals surface area contributed by atoms with Crippen molar-refractivity contribution in [3.63, 3.8) is 0 Å². The minimum Gasteiger partial charge on any atom is -0.383 e. The van der Waals surface area contributed by atoms with Gasteiger partial charge in [-0.25, -0.2) is 4.39 Å². The minimum absolute atomic E-state index is 0.0250. The van der Waals surface area contributed by atoms with E-state index < -0.39 is 0 Å². The Kier molecular flexibility index (Phi) is 6.28. The van der Waals surface area contributed by atoms with Gasteiger partial charge in [0.15, 0.2) is 0 Å². The molecule has 204 valence electrons. The van der Waals surface area contributed by atoms with Crippen molar-refractivity contribution in [2.45, 2.75) is 58.0 Å². The number of hydrogen-bond acceptors (Lipinski definition) is 8. The monoisotopic (exact) mass is 536 g/mol. The Bertz CT molecular complexity index is 1570. The summed E-state index contributed by atoms with van der Waals surface area (Å²) in [5, 5.41) is 29.8. The van der Waals surface area contributed by atoms with Gasteiger partial charge in [0.05, 0.1) is 39.6 Å². The van der Waals surface area contributed by atoms with E-state index in [1.165, 1.54) is 44.0 Å². The molecule has 0 bridgehead atoms. The molecule has 0 amide bonds. The molecule has 0 saturated heterocycles. The molecule has 4 N–H and O–H groups in total. The average molecular weight is 537 g/mol. The van der Waals surface area contributed by atoms with Crippen LogP contribution in [0.2, 0.25) is 0 Å². The molecule has 3 aliphatic rings. The van der Waals surface area contributed by atoms with E-state index >= 15 is 0 Å². The van der Waals surface area contributed by atoms with Gasteiger partial charge in [-0.1, -0.05) is 32.9 Å². The van der Waals surface area contributed by atoms with Crippen molar-refractivity contribution in [3.05, 3.63) is 77.0 Å². The molecule has 1 aliphatic heterocycles. The second kappa shape index (κ2) is 9.69. The van der Waals surface area contributed by atoms with Gasteiger partial charge in [0.1, 0.15) is 18.0 Å². The van der Waals surface area contributed by atoms with E-state index in [1.54, 1.807) is 18.2 Å². The maximum atomic E-state index is 13.9. The lowest BCUT2D eigenvalue weighted by Gasteiger charge is -2.26. The molecular weight excluding hydrogens is 503 g/mol. The lowest BCUT2D eigenvalue weighted by molar-refractivity contribution is 0.156. The van der Waals surface area contributed by atoms with Gasteiger partial charge in [-0.15, -0.1) is 5.53 Å². The molecule has 3 aromatic rings. The van der Waals surface area contributed by atoms with Gasteiger partial charge < -0.3 is 16.1 Å². The highest BCUT2D eigenvalue weighted by Gasteiger charge is 2.58. The number of halogens is 1. The standard InChI is InChI=1S/C31H33FN8/c1-30(2,3)18-36-28-21(15-34)16-35-27-20(14-33)12-24(13-25(27)28)37-29(19-4-8-23(32)9-5-19)26-17-40(39-38-26)31(10-11-31)22-6-7-22/h4-5,8-9,12-13,16-17,22,29,37-39H,6-7,10-11,18H2,1-3H3,(H,35,36)/t29-/m0/s1. The Morgan fingerprint density at radius 1 is 1.12 bits per heavy atom. The fraction of sp³-hybridized carbons (Fsp3) is 0.387. The van der Waals surface area contributed by atoms with Crippen LogP contribution in [-0.4, -0.2) is 22.1 Å². The number of nitrogens with zero attached hydrogens (tertiary/aromatic N) is 4. The summed E-state index contributed by atoms with van der Waals surface area (Å²) in [7, 11) is 0. The van der Waals surface area contributed by atoms with E-state index in [0.29, 0.717) is 45.9 Å². The second-order valence-corrected chi connectivity index (χ2v) is 12.3. The van der Waals surface area contributed by atoms with Crippen molar-refractivity contribution in [3.8, 4) is 12.1 Å². The number of pyridine rings is 1. The quantitative estimate of drug-likeness (QED) is 0.284. The van der Waals surface area contributed by atoms with E-state index in [2.05, 4.69) is 70.7 Å². The Morgan fingerprint density at radius 3 is 2.48 bits per heavy atom. The van der Waals surface area contributed by atoms with E-state index in [1.807, 2.05) is 6.07 Å². The smallest absolute Gasteiger partial charge is 0.123 e. The van der Waals surface area contributed by atoms with Crippen LogP contribution in [-0.2, 0) is 0 Å². The molecule has 2 fully saturated rings. The van der Waals surface area contributed by atoms with Crippen molar-refractivity contribution in [1.82, 2.24) is 21.0 Å². The predicted molar refractivity (Wildman–Crippen MR) is 153 cm³/mol. The summed E-state index contributed by atoms with van der Waals surface area (Å²) >= 11 is 0. The van der Waals surface area contributed by atoms with Crippen molar-refractivity contribution in [1.29, 1.82) is 10.5 Å². The van der Waals surface area contributed by atoms with Crippen LogP contribution in [0.3, 0.4) is 0 Å². The van der Waals surface area contributed by atoms with Crippen LogP contribution in [0.5, 0.6) is 0 Å². The van der Waals surface area contributed by atoms with Crippen molar-refractivity contribution in [2.75, 3.05) is 17.2 Å². The summed E-state index contributed by atoms with van der Waals surface area (Å²) in [6.07, 6.45) is 8.49. The van der Waals surface area contributed by atoms with Crippen molar-refractivity contribution < 1.29 is 4.39 Å². The van der Waals surface area contributed by atoms with Crippen LogP contribution in [0.15, 0.2) is 54.5 Å². The van der Waals surface area contributed by atoms with E-state index in [-0.39, 0.29) is 22.8 Å². The van der Waals surface area contributed by atoms with Gasteiger partial charge in [0, 0.05) is 30.0 Å². The van der Waals surface area contributed by atoms with Crippen LogP contribution in [0.25, 0.3) is 10.9 Å². The molecule has 2 aliphatic carbocycles. The fourth-order valence-electron chi connectivity index (χ4n) is 5.57. The zero-order valence-corrected chi connectivity index (χ0v) is 23.0. The van der Waals surface area contributed by atoms with Gasteiger partial charge in [-0.05, 0) is 66.8 Å². The summed E-state index contributed by atoms with van der Waals surface area (Å²) < 4.78 is 13.9. The molecule has 8 nitrogen and oxygen atoms in total. The maximum Gasteiger partial charge on any atom is 0.123 e. The molecule has 0 spiro atoms. The van der Waals surface area contributed by atoms with Crippen LogP contribution < -0.4 is 21.6 Å². The highest BCUT2D eigenvalue weighted by molar-refractivity contribution is 5.99. The number of fused-ring (bicyclic) bond motifs is 1. The van der Waals surface area contributed by atoms with Gasteiger partial charge in [-0.2, -0.15) is 10.5 Å². The molecule has 9 heteroatoms. The second-order valence-electron chi connectivity index (χ2n) is 12.3. The first-order chi connectivity index (χ1) is 19.2. The molecule has 1 atom stereocenters. The third kappa shape index (κ3) is 4.89. The number of rotatable bonds is 8. The summed E-state index contributed by atoms with van der Waals surface area (Å²) in [5.41, 5.74) is 11.3. The Hall–Kier alpha value is -4.34. The van der Waals surface area contributed by atoms with Crippen LogP contribution in [0.1, 0.15) is 69.2 Å². The number of hydrazine groups is 2. The number of benzene rings is 2. The summed E-state index contributed by atoms with van der Waals surface area (Å²) in [6.45, 7) is 6.99. The van der Waals surface area contributed by atoms with Gasteiger partial charge in [0.25, 0.3) is 0 Å². The van der Waals surface area contributed by atoms with Crippen molar-refractivity contribution >= 4 is 22.3 Å². The van der Waals surface area contributed by atoms with E-state index in [0.717, 1.165) is 11.3 Å².